The molecule has 0 aliphatic carbocycles. The van der Waals surface area contributed by atoms with E-state index >= 15 is 0 Å². The van der Waals surface area contributed by atoms with Crippen molar-refractivity contribution in [2.75, 3.05) is 0 Å². The number of aryl methyl sites for hydroxylation is 4. The van der Waals surface area contributed by atoms with Crippen molar-refractivity contribution in [1.82, 2.24) is 0 Å². The van der Waals surface area contributed by atoms with Crippen molar-refractivity contribution in [3.63, 3.8) is 0 Å². The van der Waals surface area contributed by atoms with Gasteiger partial charge in [-0.25, -0.2) is 0 Å². The zero-order chi connectivity index (χ0) is 10.9. The van der Waals surface area contributed by atoms with E-state index < -0.39 is 0 Å². The van der Waals surface area contributed by atoms with Crippen molar-refractivity contribution in [2.45, 2.75) is 26.9 Å². The predicted octanol–water partition coefficient (Wildman–Crippen LogP) is 2.32. The summed E-state index contributed by atoms with van der Waals surface area (Å²) < 4.78 is 7.82. The summed E-state index contributed by atoms with van der Waals surface area (Å²) in [6.45, 7) is 6.71. The highest BCUT2D eigenvalue weighted by atomic mass is 32.1. The summed E-state index contributed by atoms with van der Waals surface area (Å²) in [6, 6.07) is 4.55. The average molecular weight is 248 g/mol. The van der Waals surface area contributed by atoms with Gasteiger partial charge in [-0.05, 0) is 12.1 Å². The fourth-order valence-corrected chi connectivity index (χ4v) is 4.81. The molecule has 0 unspecified atom stereocenters. The maximum Gasteiger partial charge on any atom is 0.297 e. The lowest BCUT2D eigenvalue weighted by molar-refractivity contribution is -0.772. The molecule has 80 valence electrons. The summed E-state index contributed by atoms with van der Waals surface area (Å²) in [6.07, 6.45) is 0. The van der Waals surface area contributed by atoms with Crippen LogP contribution in [0, 0.1) is 13.8 Å². The zero-order valence-electron chi connectivity index (χ0n) is 9.28. The van der Waals surface area contributed by atoms with Gasteiger partial charge < -0.3 is 0 Å². The number of rotatable bonds is 0. The maximum atomic E-state index is 2.48. The van der Waals surface area contributed by atoms with E-state index in [1.54, 1.807) is 0 Å². The Balaban J connectivity index is 2.40. The molecule has 2 nitrogen and oxygen atoms in total. The molecule has 0 N–H and O–H groups in total. The van der Waals surface area contributed by atoms with Crippen LogP contribution in [0.3, 0.4) is 0 Å². The van der Waals surface area contributed by atoms with Crippen LogP contribution in [0.25, 0.3) is 20.4 Å². The Morgan fingerprint density at radius 2 is 1.31 bits per heavy atom. The van der Waals surface area contributed by atoms with Gasteiger partial charge in [0.1, 0.15) is 9.40 Å². The second kappa shape index (κ2) is 2.81. The standard InChI is InChI=1S/C12H12N2S2/c1-7-13-5-6-14-8(2)16-10-4-3-9(15-7)11(13)12(10)14/h3-4H,5-6H2,1-2H3/q+2. The lowest BCUT2D eigenvalue weighted by atomic mass is 10.2. The van der Waals surface area contributed by atoms with Gasteiger partial charge in [-0.2, -0.15) is 9.13 Å². The quantitative estimate of drug-likeness (QED) is 0.539. The van der Waals surface area contributed by atoms with E-state index in [0.717, 1.165) is 13.1 Å². The van der Waals surface area contributed by atoms with Crippen LogP contribution in [-0.2, 0) is 13.1 Å². The van der Waals surface area contributed by atoms with E-state index in [4.69, 9.17) is 0 Å². The molecule has 1 aromatic carbocycles. The van der Waals surface area contributed by atoms with Crippen molar-refractivity contribution in [3.05, 3.63) is 22.1 Å². The molecule has 0 radical (unpaired) electrons. The Kier molecular flexibility index (Phi) is 1.60. The molecule has 3 aromatic rings. The normalized spacial score (nSPS) is 14.4. The van der Waals surface area contributed by atoms with Gasteiger partial charge >= 0.3 is 0 Å². The first-order valence-electron chi connectivity index (χ1n) is 5.50. The molecular weight excluding hydrogens is 236 g/mol. The van der Waals surface area contributed by atoms with Crippen molar-refractivity contribution < 1.29 is 9.13 Å². The highest BCUT2D eigenvalue weighted by Crippen LogP contribution is 2.31. The van der Waals surface area contributed by atoms with Crippen molar-refractivity contribution in [3.8, 4) is 0 Å². The van der Waals surface area contributed by atoms with Gasteiger partial charge in [0.25, 0.3) is 11.0 Å². The number of aromatic nitrogens is 2. The molecular formula is C12H12N2S2+2. The van der Waals surface area contributed by atoms with Crippen LogP contribution in [0.2, 0.25) is 0 Å². The number of hydrogen-bond donors (Lipinski definition) is 0. The topological polar surface area (TPSA) is 7.76 Å². The summed E-state index contributed by atoms with van der Waals surface area (Å²) in [4.78, 5) is 0. The minimum absolute atomic E-state index is 1.13. The molecule has 0 atom stereocenters. The summed E-state index contributed by atoms with van der Waals surface area (Å²) in [7, 11) is 0. The fraction of sp³-hybridized carbons (Fsp3) is 0.333. The van der Waals surface area contributed by atoms with E-state index in [-0.39, 0.29) is 0 Å². The van der Waals surface area contributed by atoms with Gasteiger partial charge in [-0.15, -0.1) is 0 Å². The first kappa shape index (κ1) is 9.07. The van der Waals surface area contributed by atoms with Gasteiger partial charge in [0.05, 0.1) is 0 Å². The molecule has 2 aromatic heterocycles. The van der Waals surface area contributed by atoms with Gasteiger partial charge in [-0.3, -0.25) is 0 Å². The van der Waals surface area contributed by atoms with E-state index in [1.165, 1.54) is 30.4 Å². The molecule has 0 bridgehead atoms. The molecule has 0 saturated heterocycles. The summed E-state index contributed by atoms with van der Waals surface area (Å²) in [5.74, 6) is 0. The third-order valence-corrected chi connectivity index (χ3v) is 5.57. The van der Waals surface area contributed by atoms with Crippen LogP contribution in [0.5, 0.6) is 0 Å². The largest absolute Gasteiger partial charge is 0.297 e. The van der Waals surface area contributed by atoms with Crippen molar-refractivity contribution in [2.24, 2.45) is 0 Å². The minimum atomic E-state index is 1.13. The van der Waals surface area contributed by atoms with E-state index in [9.17, 15) is 0 Å². The molecule has 4 heteroatoms. The third kappa shape index (κ3) is 0.924. The van der Waals surface area contributed by atoms with Gasteiger partial charge in [0.2, 0.25) is 23.1 Å². The minimum Gasteiger partial charge on any atom is -0.174 e. The molecule has 1 aliphatic rings. The molecule has 4 rings (SSSR count). The van der Waals surface area contributed by atoms with E-state index in [1.807, 2.05) is 22.7 Å². The summed E-state index contributed by atoms with van der Waals surface area (Å²) in [5, 5.41) is 2.86. The van der Waals surface area contributed by atoms with Crippen LogP contribution in [-0.4, -0.2) is 0 Å². The Bertz CT molecular complexity index is 673. The number of nitrogens with zero attached hydrogens (tertiary/aromatic N) is 2. The van der Waals surface area contributed by atoms with Crippen molar-refractivity contribution in [1.29, 1.82) is 0 Å². The number of benzene rings is 1. The van der Waals surface area contributed by atoms with Gasteiger partial charge in [0, 0.05) is 13.8 Å². The Hall–Kier alpha value is -1.00. The highest BCUT2D eigenvalue weighted by Gasteiger charge is 2.34. The lowest BCUT2D eigenvalue weighted by Crippen LogP contribution is -2.50. The van der Waals surface area contributed by atoms with Crippen LogP contribution >= 0.6 is 22.7 Å². The molecule has 0 amide bonds. The Morgan fingerprint density at radius 3 is 1.75 bits per heavy atom. The number of thiazole rings is 2. The molecule has 16 heavy (non-hydrogen) atoms. The van der Waals surface area contributed by atoms with Crippen LogP contribution in [0.4, 0.5) is 0 Å². The second-order valence-corrected chi connectivity index (χ2v) is 6.77. The first-order chi connectivity index (χ1) is 7.75. The first-order valence-corrected chi connectivity index (χ1v) is 7.14. The Labute approximate surface area is 101 Å². The van der Waals surface area contributed by atoms with E-state index in [0.29, 0.717) is 0 Å². The molecule has 0 spiro atoms. The van der Waals surface area contributed by atoms with Crippen LogP contribution < -0.4 is 9.13 Å². The molecule has 0 fully saturated rings. The summed E-state index contributed by atoms with van der Waals surface area (Å²) in [5.41, 5.74) is 2.91. The van der Waals surface area contributed by atoms with E-state index in [2.05, 4.69) is 35.1 Å². The van der Waals surface area contributed by atoms with Crippen LogP contribution in [0.15, 0.2) is 12.1 Å². The molecule has 1 aliphatic heterocycles. The SMILES string of the molecule is Cc1sc2ccc3sc(C)[n+]4c3c2[n+]1CC4. The van der Waals surface area contributed by atoms with Gasteiger partial charge in [0.15, 0.2) is 0 Å². The fourth-order valence-electron chi connectivity index (χ4n) is 2.71. The smallest absolute Gasteiger partial charge is 0.174 e. The summed E-state index contributed by atoms with van der Waals surface area (Å²) >= 11 is 3.83. The predicted molar refractivity (Wildman–Crippen MR) is 67.1 cm³/mol. The van der Waals surface area contributed by atoms with Crippen molar-refractivity contribution >= 4 is 43.1 Å². The monoisotopic (exact) mass is 248 g/mol. The zero-order valence-corrected chi connectivity index (χ0v) is 10.9. The maximum absolute atomic E-state index is 2.48. The second-order valence-electron chi connectivity index (χ2n) is 4.30. The molecule has 0 saturated carbocycles. The number of hydrogen-bond acceptors (Lipinski definition) is 2. The van der Waals surface area contributed by atoms with Crippen LogP contribution in [0.1, 0.15) is 10.0 Å². The average Bonchev–Trinajstić information content (AvgIpc) is 2.76. The third-order valence-electron chi connectivity index (χ3n) is 3.44. The Morgan fingerprint density at radius 1 is 0.875 bits per heavy atom. The molecule has 3 heterocycles. The highest BCUT2D eigenvalue weighted by molar-refractivity contribution is 7.19. The lowest BCUT2D eigenvalue weighted by Gasteiger charge is -2.01. The van der Waals surface area contributed by atoms with Gasteiger partial charge in [-0.1, -0.05) is 22.7 Å².